The summed E-state index contributed by atoms with van der Waals surface area (Å²) in [6, 6.07) is 12.7. The average Bonchev–Trinajstić information content (AvgIpc) is 3.14. The molecule has 0 radical (unpaired) electrons. The lowest BCUT2D eigenvalue weighted by Crippen LogP contribution is -2.38. The van der Waals surface area contributed by atoms with E-state index < -0.39 is 17.7 Å². The molecule has 0 aliphatic carbocycles. The fourth-order valence-corrected chi connectivity index (χ4v) is 5.11. The van der Waals surface area contributed by atoms with Crippen LogP contribution in [0.4, 0.5) is 0 Å². The van der Waals surface area contributed by atoms with E-state index in [-0.39, 0.29) is 11.3 Å². The van der Waals surface area contributed by atoms with Crippen LogP contribution in [-0.2, 0) is 14.3 Å². The van der Waals surface area contributed by atoms with Crippen molar-refractivity contribution in [2.24, 2.45) is 0 Å². The molecule has 2 heterocycles. The fraction of sp³-hybridized carbons (Fsp3) is 0.467. The molecule has 37 heavy (non-hydrogen) atoms. The Hall–Kier alpha value is -3.16. The Balaban J connectivity index is 1.70. The molecule has 4 rings (SSSR count). The number of ether oxygens (including phenoxy) is 2. The van der Waals surface area contributed by atoms with E-state index in [0.29, 0.717) is 43.6 Å². The van der Waals surface area contributed by atoms with Gasteiger partial charge in [0.15, 0.2) is 0 Å². The Morgan fingerprint density at radius 2 is 1.78 bits per heavy atom. The van der Waals surface area contributed by atoms with E-state index >= 15 is 0 Å². The zero-order valence-corrected chi connectivity index (χ0v) is 22.3. The summed E-state index contributed by atoms with van der Waals surface area (Å²) in [5.41, 5.74) is 3.44. The number of ketones is 1. The Labute approximate surface area is 219 Å². The zero-order chi connectivity index (χ0) is 26.5. The highest BCUT2D eigenvalue weighted by Gasteiger charge is 2.46. The number of morpholine rings is 1. The second-order valence-electron chi connectivity index (χ2n) is 10.0. The molecule has 1 atom stereocenters. The molecule has 2 aromatic carbocycles. The molecule has 198 valence electrons. The summed E-state index contributed by atoms with van der Waals surface area (Å²) >= 11 is 0. The molecule has 1 amide bonds. The maximum atomic E-state index is 13.4. The summed E-state index contributed by atoms with van der Waals surface area (Å²) in [5.74, 6) is -0.297. The van der Waals surface area contributed by atoms with Crippen molar-refractivity contribution >= 4 is 17.4 Å². The van der Waals surface area contributed by atoms with Crippen LogP contribution in [-0.4, -0.2) is 72.6 Å². The minimum absolute atomic E-state index is 0.140. The van der Waals surface area contributed by atoms with E-state index in [9.17, 15) is 14.7 Å². The summed E-state index contributed by atoms with van der Waals surface area (Å²) in [6.07, 6.45) is 0.732. The van der Waals surface area contributed by atoms with Crippen molar-refractivity contribution in [2.75, 3.05) is 46.0 Å². The summed E-state index contributed by atoms with van der Waals surface area (Å²) in [7, 11) is 0. The van der Waals surface area contributed by atoms with Gasteiger partial charge in [-0.2, -0.15) is 0 Å². The standard InChI is InChI=1S/C30H38N2O5/c1-5-37-24-11-12-25(21(4)19-24)28(33)26-27(23-9-7-22(8-10-23)20(2)3)32(30(35)29(26)34)14-6-13-31-15-17-36-18-16-31/h7-12,19-20,27,33H,5-6,13-18H2,1-4H3/t27-/m1/s1. The first kappa shape index (κ1) is 26.9. The number of hydrogen-bond acceptors (Lipinski definition) is 6. The van der Waals surface area contributed by atoms with E-state index in [2.05, 4.69) is 18.7 Å². The minimum atomic E-state index is -0.643. The quantitative estimate of drug-likeness (QED) is 0.303. The molecule has 0 bridgehead atoms. The second kappa shape index (κ2) is 11.9. The molecule has 2 fully saturated rings. The van der Waals surface area contributed by atoms with Crippen molar-refractivity contribution in [3.63, 3.8) is 0 Å². The van der Waals surface area contributed by atoms with Gasteiger partial charge in [-0.1, -0.05) is 38.1 Å². The Morgan fingerprint density at radius 3 is 2.41 bits per heavy atom. The Bertz CT molecular complexity index is 1150. The highest BCUT2D eigenvalue weighted by atomic mass is 16.5. The van der Waals surface area contributed by atoms with Gasteiger partial charge in [-0.25, -0.2) is 0 Å². The van der Waals surface area contributed by atoms with Gasteiger partial charge in [0.25, 0.3) is 11.7 Å². The van der Waals surface area contributed by atoms with Crippen LogP contribution in [0.1, 0.15) is 61.4 Å². The van der Waals surface area contributed by atoms with Gasteiger partial charge in [0.2, 0.25) is 0 Å². The van der Waals surface area contributed by atoms with Gasteiger partial charge in [-0.15, -0.1) is 0 Å². The van der Waals surface area contributed by atoms with Crippen LogP contribution < -0.4 is 4.74 Å². The van der Waals surface area contributed by atoms with Gasteiger partial charge in [0, 0.05) is 31.7 Å². The summed E-state index contributed by atoms with van der Waals surface area (Å²) in [6.45, 7) is 13.0. The number of benzene rings is 2. The molecular formula is C30H38N2O5. The third-order valence-corrected chi connectivity index (χ3v) is 7.20. The summed E-state index contributed by atoms with van der Waals surface area (Å²) < 4.78 is 11.0. The number of rotatable bonds is 9. The predicted molar refractivity (Wildman–Crippen MR) is 144 cm³/mol. The van der Waals surface area contributed by atoms with Crippen molar-refractivity contribution in [3.8, 4) is 5.75 Å². The maximum absolute atomic E-state index is 13.4. The molecule has 2 aromatic rings. The van der Waals surface area contributed by atoms with Crippen molar-refractivity contribution in [1.82, 2.24) is 9.80 Å². The van der Waals surface area contributed by atoms with E-state index in [1.807, 2.05) is 44.2 Å². The third kappa shape index (κ3) is 5.89. The smallest absolute Gasteiger partial charge is 0.295 e. The summed E-state index contributed by atoms with van der Waals surface area (Å²) in [4.78, 5) is 30.6. The van der Waals surface area contributed by atoms with E-state index in [4.69, 9.17) is 9.47 Å². The average molecular weight is 507 g/mol. The van der Waals surface area contributed by atoms with Crippen molar-refractivity contribution in [3.05, 3.63) is 70.3 Å². The van der Waals surface area contributed by atoms with E-state index in [1.54, 1.807) is 17.0 Å². The lowest BCUT2D eigenvalue weighted by molar-refractivity contribution is -0.140. The monoisotopic (exact) mass is 506 g/mol. The molecular weight excluding hydrogens is 468 g/mol. The molecule has 0 saturated carbocycles. The largest absolute Gasteiger partial charge is 0.507 e. The van der Waals surface area contributed by atoms with Crippen LogP contribution >= 0.6 is 0 Å². The highest BCUT2D eigenvalue weighted by Crippen LogP contribution is 2.40. The Morgan fingerprint density at radius 1 is 1.08 bits per heavy atom. The van der Waals surface area contributed by atoms with Gasteiger partial charge in [-0.3, -0.25) is 14.5 Å². The first-order valence-corrected chi connectivity index (χ1v) is 13.2. The molecule has 1 N–H and O–H groups in total. The SMILES string of the molecule is CCOc1ccc(C(O)=C2C(=O)C(=O)N(CCCN3CCOCC3)[C@@H]2c2ccc(C(C)C)cc2)c(C)c1. The summed E-state index contributed by atoms with van der Waals surface area (Å²) in [5, 5.41) is 11.4. The van der Waals surface area contributed by atoms with Gasteiger partial charge in [0.1, 0.15) is 11.5 Å². The van der Waals surface area contributed by atoms with Crippen LogP contribution in [0.15, 0.2) is 48.0 Å². The predicted octanol–water partition coefficient (Wildman–Crippen LogP) is 4.66. The van der Waals surface area contributed by atoms with Crippen molar-refractivity contribution in [2.45, 2.75) is 46.1 Å². The molecule has 0 aromatic heterocycles. The number of aliphatic hydroxyl groups is 1. The zero-order valence-electron chi connectivity index (χ0n) is 22.3. The number of amides is 1. The number of Topliss-reactive ketones (excluding diaryl/α,β-unsaturated/α-hetero) is 1. The molecule has 2 aliphatic rings. The fourth-order valence-electron chi connectivity index (χ4n) is 5.11. The lowest BCUT2D eigenvalue weighted by atomic mass is 9.92. The van der Waals surface area contributed by atoms with Gasteiger partial charge in [0.05, 0.1) is 31.4 Å². The number of aliphatic hydroxyl groups excluding tert-OH is 1. The lowest BCUT2D eigenvalue weighted by Gasteiger charge is -2.29. The van der Waals surface area contributed by atoms with Gasteiger partial charge < -0.3 is 19.5 Å². The third-order valence-electron chi connectivity index (χ3n) is 7.20. The number of nitrogens with zero attached hydrogens (tertiary/aromatic N) is 2. The van der Waals surface area contributed by atoms with E-state index in [0.717, 1.165) is 37.2 Å². The van der Waals surface area contributed by atoms with E-state index in [1.165, 1.54) is 5.56 Å². The van der Waals surface area contributed by atoms with Crippen LogP contribution in [0.25, 0.3) is 5.76 Å². The maximum Gasteiger partial charge on any atom is 0.295 e. The molecule has 2 aliphatic heterocycles. The first-order chi connectivity index (χ1) is 17.8. The molecule has 7 nitrogen and oxygen atoms in total. The number of carbonyl (C=O) groups excluding carboxylic acids is 2. The molecule has 7 heteroatoms. The number of carbonyl (C=O) groups is 2. The van der Waals surface area contributed by atoms with Crippen LogP contribution in [0.5, 0.6) is 5.75 Å². The minimum Gasteiger partial charge on any atom is -0.507 e. The number of likely N-dealkylation sites (tertiary alicyclic amines) is 1. The normalized spacial score (nSPS) is 20.1. The van der Waals surface area contributed by atoms with Crippen LogP contribution in [0.3, 0.4) is 0 Å². The van der Waals surface area contributed by atoms with Crippen LogP contribution in [0.2, 0.25) is 0 Å². The van der Waals surface area contributed by atoms with Gasteiger partial charge in [-0.05, 0) is 61.1 Å². The number of aryl methyl sites for hydroxylation is 1. The molecule has 2 saturated heterocycles. The highest BCUT2D eigenvalue weighted by molar-refractivity contribution is 6.46. The van der Waals surface area contributed by atoms with Crippen molar-refractivity contribution < 1.29 is 24.2 Å². The van der Waals surface area contributed by atoms with Gasteiger partial charge >= 0.3 is 0 Å². The molecule has 0 spiro atoms. The Kier molecular flexibility index (Phi) is 8.67. The number of hydrogen-bond donors (Lipinski definition) is 1. The van der Waals surface area contributed by atoms with Crippen LogP contribution in [0, 0.1) is 6.92 Å². The van der Waals surface area contributed by atoms with Crippen molar-refractivity contribution in [1.29, 1.82) is 0 Å². The molecule has 0 unspecified atom stereocenters. The topological polar surface area (TPSA) is 79.3 Å². The second-order valence-corrected chi connectivity index (χ2v) is 10.0. The first-order valence-electron chi connectivity index (χ1n) is 13.2.